The van der Waals surface area contributed by atoms with E-state index in [9.17, 15) is 0 Å². The van der Waals surface area contributed by atoms with Gasteiger partial charge in [-0.15, -0.1) is 0 Å². The van der Waals surface area contributed by atoms with Gasteiger partial charge in [0.1, 0.15) is 12.1 Å². The van der Waals surface area contributed by atoms with Crippen molar-refractivity contribution in [2.45, 2.75) is 19.5 Å². The van der Waals surface area contributed by atoms with Crippen LogP contribution in [-0.2, 0) is 13.6 Å². The van der Waals surface area contributed by atoms with Gasteiger partial charge < -0.3 is 9.73 Å². The van der Waals surface area contributed by atoms with Crippen LogP contribution in [-0.4, -0.2) is 14.8 Å². The lowest BCUT2D eigenvalue weighted by molar-refractivity contribution is 0.415. The maximum absolute atomic E-state index is 5.45. The van der Waals surface area contributed by atoms with Gasteiger partial charge in [-0.3, -0.25) is 4.68 Å². The van der Waals surface area contributed by atoms with E-state index in [2.05, 4.69) is 31.3 Å². The SMILES string of the molecule is CC(NCc1ncn(C)n1)c1ccc(Br)o1. The summed E-state index contributed by atoms with van der Waals surface area (Å²) < 4.78 is 7.88. The van der Waals surface area contributed by atoms with Gasteiger partial charge in [0.05, 0.1) is 12.6 Å². The molecule has 0 spiro atoms. The summed E-state index contributed by atoms with van der Waals surface area (Å²) in [7, 11) is 1.85. The second-order valence-corrected chi connectivity index (χ2v) is 4.36. The molecule has 86 valence electrons. The lowest BCUT2D eigenvalue weighted by Crippen LogP contribution is -2.18. The van der Waals surface area contributed by atoms with Crippen LogP contribution in [0.25, 0.3) is 0 Å². The third-order valence-corrected chi connectivity index (χ3v) is 2.66. The molecule has 0 saturated heterocycles. The molecule has 2 aromatic rings. The average Bonchev–Trinajstić information content (AvgIpc) is 2.84. The minimum atomic E-state index is 0.134. The zero-order valence-electron chi connectivity index (χ0n) is 9.14. The van der Waals surface area contributed by atoms with E-state index in [0.29, 0.717) is 6.54 Å². The maximum atomic E-state index is 5.45. The summed E-state index contributed by atoms with van der Waals surface area (Å²) in [6, 6.07) is 3.95. The molecule has 1 unspecified atom stereocenters. The molecule has 6 heteroatoms. The lowest BCUT2D eigenvalue weighted by Gasteiger charge is -2.08. The first-order valence-corrected chi connectivity index (χ1v) is 5.77. The van der Waals surface area contributed by atoms with E-state index in [4.69, 9.17) is 4.42 Å². The minimum Gasteiger partial charge on any atom is -0.453 e. The minimum absolute atomic E-state index is 0.134. The highest BCUT2D eigenvalue weighted by Crippen LogP contribution is 2.19. The van der Waals surface area contributed by atoms with Crippen LogP contribution in [0.5, 0.6) is 0 Å². The fourth-order valence-corrected chi connectivity index (χ4v) is 1.69. The Morgan fingerprint density at radius 1 is 1.56 bits per heavy atom. The number of halogens is 1. The first-order valence-electron chi connectivity index (χ1n) is 4.98. The van der Waals surface area contributed by atoms with Crippen molar-refractivity contribution in [2.24, 2.45) is 7.05 Å². The highest BCUT2D eigenvalue weighted by molar-refractivity contribution is 9.10. The number of aromatic nitrogens is 3. The van der Waals surface area contributed by atoms with Crippen molar-refractivity contribution >= 4 is 15.9 Å². The Balaban J connectivity index is 1.91. The molecule has 0 saturated carbocycles. The quantitative estimate of drug-likeness (QED) is 0.933. The number of hydrogen-bond acceptors (Lipinski definition) is 4. The molecule has 0 fully saturated rings. The lowest BCUT2D eigenvalue weighted by atomic mass is 10.2. The van der Waals surface area contributed by atoms with Crippen LogP contribution < -0.4 is 5.32 Å². The third kappa shape index (κ3) is 2.70. The maximum Gasteiger partial charge on any atom is 0.169 e. The first kappa shape index (κ1) is 11.3. The Morgan fingerprint density at radius 2 is 2.38 bits per heavy atom. The van der Waals surface area contributed by atoms with Crippen molar-refractivity contribution in [3.8, 4) is 0 Å². The Hall–Kier alpha value is -1.14. The molecule has 0 aliphatic heterocycles. The topological polar surface area (TPSA) is 55.9 Å². The predicted octanol–water partition coefficient (Wildman–Crippen LogP) is 2.02. The van der Waals surface area contributed by atoms with Gasteiger partial charge in [0.15, 0.2) is 10.5 Å². The van der Waals surface area contributed by atoms with Crippen molar-refractivity contribution < 1.29 is 4.42 Å². The Kier molecular flexibility index (Phi) is 3.40. The second kappa shape index (κ2) is 4.80. The van der Waals surface area contributed by atoms with E-state index in [1.54, 1.807) is 11.0 Å². The number of furan rings is 1. The zero-order chi connectivity index (χ0) is 11.5. The monoisotopic (exact) mass is 284 g/mol. The molecule has 1 N–H and O–H groups in total. The Bertz CT molecular complexity index is 465. The van der Waals surface area contributed by atoms with Crippen LogP contribution in [0.3, 0.4) is 0 Å². The highest BCUT2D eigenvalue weighted by Gasteiger charge is 2.10. The van der Waals surface area contributed by atoms with E-state index in [1.807, 2.05) is 26.1 Å². The van der Waals surface area contributed by atoms with Crippen LogP contribution >= 0.6 is 15.9 Å². The number of rotatable bonds is 4. The number of nitrogens with one attached hydrogen (secondary N) is 1. The smallest absolute Gasteiger partial charge is 0.169 e. The summed E-state index contributed by atoms with van der Waals surface area (Å²) in [5, 5.41) is 7.47. The average molecular weight is 285 g/mol. The molecule has 2 heterocycles. The van der Waals surface area contributed by atoms with Crippen molar-refractivity contribution in [2.75, 3.05) is 0 Å². The van der Waals surface area contributed by atoms with Gasteiger partial charge >= 0.3 is 0 Å². The largest absolute Gasteiger partial charge is 0.453 e. The van der Waals surface area contributed by atoms with Crippen LogP contribution in [0.15, 0.2) is 27.5 Å². The van der Waals surface area contributed by atoms with Crippen molar-refractivity contribution in [3.63, 3.8) is 0 Å². The van der Waals surface area contributed by atoms with Gasteiger partial charge in [0, 0.05) is 7.05 Å². The summed E-state index contributed by atoms with van der Waals surface area (Å²) in [6.07, 6.45) is 1.69. The molecule has 0 amide bonds. The molecule has 0 radical (unpaired) electrons. The number of hydrogen-bond donors (Lipinski definition) is 1. The van der Waals surface area contributed by atoms with Gasteiger partial charge in [-0.25, -0.2) is 4.98 Å². The van der Waals surface area contributed by atoms with E-state index in [1.165, 1.54) is 0 Å². The summed E-state index contributed by atoms with van der Waals surface area (Å²) in [6.45, 7) is 2.66. The molecule has 1 atom stereocenters. The molecular formula is C10H13BrN4O. The van der Waals surface area contributed by atoms with Crippen molar-refractivity contribution in [3.05, 3.63) is 34.7 Å². The molecule has 0 aromatic carbocycles. The van der Waals surface area contributed by atoms with Crippen molar-refractivity contribution in [1.82, 2.24) is 20.1 Å². The Morgan fingerprint density at radius 3 is 2.94 bits per heavy atom. The van der Waals surface area contributed by atoms with Crippen LogP contribution in [0.4, 0.5) is 0 Å². The van der Waals surface area contributed by atoms with Crippen molar-refractivity contribution in [1.29, 1.82) is 0 Å². The van der Waals surface area contributed by atoms with Gasteiger partial charge in [-0.1, -0.05) is 0 Å². The predicted molar refractivity (Wildman–Crippen MR) is 62.7 cm³/mol. The summed E-state index contributed by atoms with van der Waals surface area (Å²) in [5.74, 6) is 1.67. The summed E-state index contributed by atoms with van der Waals surface area (Å²) in [5.41, 5.74) is 0. The van der Waals surface area contributed by atoms with E-state index >= 15 is 0 Å². The molecular weight excluding hydrogens is 272 g/mol. The fraction of sp³-hybridized carbons (Fsp3) is 0.400. The van der Waals surface area contributed by atoms with E-state index < -0.39 is 0 Å². The molecule has 16 heavy (non-hydrogen) atoms. The van der Waals surface area contributed by atoms with Crippen LogP contribution in [0.2, 0.25) is 0 Å². The molecule has 5 nitrogen and oxygen atoms in total. The molecule has 0 aliphatic carbocycles. The fourth-order valence-electron chi connectivity index (χ4n) is 1.37. The van der Waals surface area contributed by atoms with Gasteiger partial charge in [0.2, 0.25) is 0 Å². The zero-order valence-corrected chi connectivity index (χ0v) is 10.7. The standard InChI is InChI=1S/C10H13BrN4O/c1-7(8-3-4-9(11)16-8)12-5-10-13-6-15(2)14-10/h3-4,6-7,12H,5H2,1-2H3. The Labute approximate surface area is 102 Å². The van der Waals surface area contributed by atoms with Gasteiger partial charge in [0.25, 0.3) is 0 Å². The normalized spacial score (nSPS) is 12.9. The van der Waals surface area contributed by atoms with Gasteiger partial charge in [-0.05, 0) is 35.0 Å². The molecule has 2 aromatic heterocycles. The summed E-state index contributed by atoms with van der Waals surface area (Å²) >= 11 is 3.28. The molecule has 2 rings (SSSR count). The van der Waals surface area contributed by atoms with Crippen LogP contribution in [0.1, 0.15) is 24.6 Å². The first-order chi connectivity index (χ1) is 7.65. The van der Waals surface area contributed by atoms with E-state index in [-0.39, 0.29) is 6.04 Å². The third-order valence-electron chi connectivity index (χ3n) is 2.23. The van der Waals surface area contributed by atoms with Crippen LogP contribution in [0, 0.1) is 0 Å². The van der Waals surface area contributed by atoms with Gasteiger partial charge in [-0.2, -0.15) is 5.10 Å². The highest BCUT2D eigenvalue weighted by atomic mass is 79.9. The molecule has 0 aliphatic rings. The second-order valence-electron chi connectivity index (χ2n) is 3.58. The number of aryl methyl sites for hydroxylation is 1. The number of nitrogens with zero attached hydrogens (tertiary/aromatic N) is 3. The molecule has 0 bridgehead atoms. The summed E-state index contributed by atoms with van der Waals surface area (Å²) in [4.78, 5) is 4.14. The van der Waals surface area contributed by atoms with E-state index in [0.717, 1.165) is 16.3 Å².